The van der Waals surface area contributed by atoms with Gasteiger partial charge in [0.2, 0.25) is 0 Å². The number of anilines is 1. The predicted octanol–water partition coefficient (Wildman–Crippen LogP) is 3.03. The van der Waals surface area contributed by atoms with Crippen LogP contribution < -0.4 is 15.8 Å². The zero-order valence-corrected chi connectivity index (χ0v) is 14.9. The highest BCUT2D eigenvalue weighted by molar-refractivity contribution is 5.93. The Bertz CT molecular complexity index is 800. The molecular formula is C19H23N3O3. The van der Waals surface area contributed by atoms with E-state index in [1.54, 1.807) is 18.2 Å². The van der Waals surface area contributed by atoms with Crippen molar-refractivity contribution < 1.29 is 14.3 Å². The van der Waals surface area contributed by atoms with Gasteiger partial charge in [0.15, 0.2) is 5.96 Å². The van der Waals surface area contributed by atoms with Gasteiger partial charge in [0.05, 0.1) is 20.8 Å². The summed E-state index contributed by atoms with van der Waals surface area (Å²) in [5.74, 6) is 0.322. The molecule has 25 heavy (non-hydrogen) atoms. The lowest BCUT2D eigenvalue weighted by molar-refractivity contribution is 0.0597. The lowest BCUT2D eigenvalue weighted by Gasteiger charge is -2.10. The maximum atomic E-state index is 11.7. The number of guanidine groups is 1. The highest BCUT2D eigenvalue weighted by atomic mass is 16.5. The number of esters is 1. The largest absolute Gasteiger partial charge is 0.496 e. The second kappa shape index (κ2) is 8.19. The van der Waals surface area contributed by atoms with Crippen molar-refractivity contribution in [3.8, 4) is 5.75 Å². The number of nitrogens with zero attached hydrogens (tertiary/aromatic N) is 1. The minimum Gasteiger partial charge on any atom is -0.496 e. The first-order chi connectivity index (χ1) is 11.9. The number of aliphatic imine (C=N–C) groups is 1. The van der Waals surface area contributed by atoms with Gasteiger partial charge in [0.1, 0.15) is 11.3 Å². The summed E-state index contributed by atoms with van der Waals surface area (Å²) >= 11 is 0. The molecule has 2 rings (SSSR count). The number of nitrogens with two attached hydrogens (primary N) is 1. The summed E-state index contributed by atoms with van der Waals surface area (Å²) in [4.78, 5) is 16.0. The van der Waals surface area contributed by atoms with Crippen molar-refractivity contribution in [3.05, 3.63) is 58.7 Å². The summed E-state index contributed by atoms with van der Waals surface area (Å²) in [5.41, 5.74) is 10.5. The molecular weight excluding hydrogens is 318 g/mol. The Labute approximate surface area is 147 Å². The van der Waals surface area contributed by atoms with Crippen molar-refractivity contribution in [2.75, 3.05) is 19.5 Å². The third-order valence-corrected chi connectivity index (χ3v) is 3.88. The van der Waals surface area contributed by atoms with E-state index in [0.29, 0.717) is 23.8 Å². The molecule has 0 unspecified atom stereocenters. The van der Waals surface area contributed by atoms with Gasteiger partial charge in [0, 0.05) is 5.69 Å². The lowest BCUT2D eigenvalue weighted by Crippen LogP contribution is -2.22. The molecule has 2 aromatic carbocycles. The van der Waals surface area contributed by atoms with Crippen molar-refractivity contribution in [3.63, 3.8) is 0 Å². The van der Waals surface area contributed by atoms with E-state index in [0.717, 1.165) is 11.3 Å². The van der Waals surface area contributed by atoms with Crippen LogP contribution in [0.2, 0.25) is 0 Å². The monoisotopic (exact) mass is 341 g/mol. The van der Waals surface area contributed by atoms with E-state index >= 15 is 0 Å². The van der Waals surface area contributed by atoms with E-state index in [1.165, 1.54) is 25.3 Å². The van der Waals surface area contributed by atoms with Gasteiger partial charge in [-0.05, 0) is 54.8 Å². The SMILES string of the molecule is COC(=O)c1ccc(CN=C(N)Nc2ccc(C)c(C)c2)cc1OC. The first kappa shape index (κ1) is 18.3. The van der Waals surface area contributed by atoms with Crippen molar-refractivity contribution in [1.82, 2.24) is 0 Å². The number of aryl methyl sites for hydroxylation is 2. The molecule has 0 radical (unpaired) electrons. The second-order valence-electron chi connectivity index (χ2n) is 5.65. The normalized spacial score (nSPS) is 11.1. The zero-order chi connectivity index (χ0) is 18.4. The summed E-state index contributed by atoms with van der Waals surface area (Å²) in [6.45, 7) is 4.46. The Balaban J connectivity index is 2.09. The molecule has 0 saturated heterocycles. The maximum absolute atomic E-state index is 11.7. The van der Waals surface area contributed by atoms with E-state index in [2.05, 4.69) is 17.2 Å². The fraction of sp³-hybridized carbons (Fsp3) is 0.263. The number of methoxy groups -OCH3 is 2. The quantitative estimate of drug-likeness (QED) is 0.496. The Morgan fingerprint density at radius 2 is 1.88 bits per heavy atom. The highest BCUT2D eigenvalue weighted by Crippen LogP contribution is 2.21. The van der Waals surface area contributed by atoms with E-state index < -0.39 is 5.97 Å². The van der Waals surface area contributed by atoms with E-state index in [4.69, 9.17) is 15.2 Å². The molecule has 0 bridgehead atoms. The molecule has 0 aromatic heterocycles. The van der Waals surface area contributed by atoms with Gasteiger partial charge in [-0.15, -0.1) is 0 Å². The minimum atomic E-state index is -0.442. The number of nitrogens with one attached hydrogen (secondary N) is 1. The number of hydrogen-bond donors (Lipinski definition) is 2. The van der Waals surface area contributed by atoms with Crippen LogP contribution in [0.1, 0.15) is 27.0 Å². The molecule has 0 aliphatic carbocycles. The van der Waals surface area contributed by atoms with Crippen LogP contribution in [0, 0.1) is 13.8 Å². The average Bonchev–Trinajstić information content (AvgIpc) is 2.62. The summed E-state index contributed by atoms with van der Waals surface area (Å²) in [5, 5.41) is 3.07. The Morgan fingerprint density at radius 1 is 1.12 bits per heavy atom. The summed E-state index contributed by atoms with van der Waals surface area (Å²) in [6.07, 6.45) is 0. The van der Waals surface area contributed by atoms with E-state index in [-0.39, 0.29) is 0 Å². The Hall–Kier alpha value is -3.02. The van der Waals surface area contributed by atoms with Crippen molar-refractivity contribution >= 4 is 17.6 Å². The van der Waals surface area contributed by atoms with Crippen molar-refractivity contribution in [1.29, 1.82) is 0 Å². The van der Waals surface area contributed by atoms with Crippen molar-refractivity contribution in [2.24, 2.45) is 10.7 Å². The molecule has 0 aliphatic heterocycles. The van der Waals surface area contributed by atoms with Crippen LogP contribution in [0.5, 0.6) is 5.75 Å². The molecule has 0 amide bonds. The van der Waals surface area contributed by atoms with Crippen LogP contribution >= 0.6 is 0 Å². The van der Waals surface area contributed by atoms with Crippen LogP contribution in [0.15, 0.2) is 41.4 Å². The van der Waals surface area contributed by atoms with Gasteiger partial charge in [-0.2, -0.15) is 0 Å². The van der Waals surface area contributed by atoms with Crippen LogP contribution in [-0.2, 0) is 11.3 Å². The zero-order valence-electron chi connectivity index (χ0n) is 14.9. The standard InChI is InChI=1S/C19H23N3O3/c1-12-5-7-15(9-13(12)2)22-19(20)21-11-14-6-8-16(18(23)25-4)17(10-14)24-3/h5-10H,11H2,1-4H3,(H3,20,21,22). The molecule has 0 fully saturated rings. The first-order valence-electron chi connectivity index (χ1n) is 7.84. The molecule has 0 heterocycles. The molecule has 0 aliphatic rings. The average molecular weight is 341 g/mol. The third-order valence-electron chi connectivity index (χ3n) is 3.88. The van der Waals surface area contributed by atoms with Crippen LogP contribution in [0.3, 0.4) is 0 Å². The van der Waals surface area contributed by atoms with E-state index in [9.17, 15) is 4.79 Å². The highest BCUT2D eigenvalue weighted by Gasteiger charge is 2.12. The Kier molecular flexibility index (Phi) is 6.00. The molecule has 6 heteroatoms. The molecule has 132 valence electrons. The van der Waals surface area contributed by atoms with Gasteiger partial charge in [-0.3, -0.25) is 0 Å². The van der Waals surface area contributed by atoms with Crippen LogP contribution in [0.25, 0.3) is 0 Å². The molecule has 0 atom stereocenters. The third kappa shape index (κ3) is 4.73. The molecule has 6 nitrogen and oxygen atoms in total. The number of ether oxygens (including phenoxy) is 2. The topological polar surface area (TPSA) is 85.9 Å². The molecule has 0 spiro atoms. The number of carbonyl (C=O) groups excluding carboxylic acids is 1. The number of rotatable bonds is 5. The molecule has 0 saturated carbocycles. The van der Waals surface area contributed by atoms with Gasteiger partial charge >= 0.3 is 5.97 Å². The predicted molar refractivity (Wildman–Crippen MR) is 99.2 cm³/mol. The summed E-state index contributed by atoms with van der Waals surface area (Å²) in [7, 11) is 2.84. The van der Waals surface area contributed by atoms with E-state index in [1.807, 2.05) is 25.1 Å². The number of hydrogen-bond acceptors (Lipinski definition) is 4. The molecule has 2 aromatic rings. The van der Waals surface area contributed by atoms with Gasteiger partial charge in [-0.1, -0.05) is 12.1 Å². The second-order valence-corrected chi connectivity index (χ2v) is 5.65. The fourth-order valence-corrected chi connectivity index (χ4v) is 2.30. The minimum absolute atomic E-state index is 0.319. The summed E-state index contributed by atoms with van der Waals surface area (Å²) in [6, 6.07) is 11.2. The molecule has 3 N–H and O–H groups in total. The van der Waals surface area contributed by atoms with Gasteiger partial charge in [0.25, 0.3) is 0 Å². The number of benzene rings is 2. The maximum Gasteiger partial charge on any atom is 0.341 e. The van der Waals surface area contributed by atoms with Crippen LogP contribution in [0.4, 0.5) is 5.69 Å². The van der Waals surface area contributed by atoms with Gasteiger partial charge < -0.3 is 20.5 Å². The first-order valence-corrected chi connectivity index (χ1v) is 7.84. The fourth-order valence-electron chi connectivity index (χ4n) is 2.30. The smallest absolute Gasteiger partial charge is 0.341 e. The lowest BCUT2D eigenvalue weighted by atomic mass is 10.1. The number of carbonyl (C=O) groups is 1. The summed E-state index contributed by atoms with van der Waals surface area (Å²) < 4.78 is 9.96. The van der Waals surface area contributed by atoms with Gasteiger partial charge in [-0.25, -0.2) is 9.79 Å². The Morgan fingerprint density at radius 3 is 2.52 bits per heavy atom. The van der Waals surface area contributed by atoms with Crippen LogP contribution in [-0.4, -0.2) is 26.1 Å². The van der Waals surface area contributed by atoms with Crippen molar-refractivity contribution in [2.45, 2.75) is 20.4 Å².